The molecule has 0 heterocycles. The van der Waals surface area contributed by atoms with E-state index in [0.717, 1.165) is 12.0 Å². The van der Waals surface area contributed by atoms with Crippen LogP contribution < -0.4 is 0 Å². The number of benzene rings is 2. The zero-order valence-electron chi connectivity index (χ0n) is 14.6. The molecule has 0 unspecified atom stereocenters. The first-order chi connectivity index (χ1) is 12.3. The molecular weight excluding hydrogens is 308 g/mol. The van der Waals surface area contributed by atoms with Gasteiger partial charge in [-0.25, -0.2) is 4.79 Å². The molecule has 25 heavy (non-hydrogen) atoms. The minimum atomic E-state index is -0.237. The molecule has 2 heteroatoms. The molecule has 1 saturated carbocycles. The Balaban J connectivity index is 1.69. The van der Waals surface area contributed by atoms with Crippen molar-refractivity contribution in [3.8, 4) is 0 Å². The van der Waals surface area contributed by atoms with Gasteiger partial charge in [-0.1, -0.05) is 86.7 Å². The van der Waals surface area contributed by atoms with Gasteiger partial charge in [-0.05, 0) is 36.1 Å². The van der Waals surface area contributed by atoms with Crippen molar-refractivity contribution in [3.05, 3.63) is 77.9 Å². The van der Waals surface area contributed by atoms with Crippen molar-refractivity contribution in [2.45, 2.75) is 44.6 Å². The monoisotopic (exact) mass is 334 g/mol. The highest BCUT2D eigenvalue weighted by Crippen LogP contribution is 2.29. The van der Waals surface area contributed by atoms with E-state index in [4.69, 9.17) is 4.74 Å². The summed E-state index contributed by atoms with van der Waals surface area (Å²) in [7, 11) is 0. The van der Waals surface area contributed by atoms with Gasteiger partial charge in [0.15, 0.2) is 0 Å². The first-order valence-electron chi connectivity index (χ1n) is 9.30. The standard InChI is InChI=1S/C23H26O2/c24-23(21-14-8-3-9-15-21)25-22(18-20-12-6-2-7-13-20)17-16-19-10-4-1-5-11-19/h1,3-5,8-11,14-17,20,22H,2,6-7,12-13,18H2/b17-16+/t22-/m0/s1. The topological polar surface area (TPSA) is 26.3 Å². The van der Waals surface area contributed by atoms with Crippen molar-refractivity contribution in [2.24, 2.45) is 5.92 Å². The van der Waals surface area contributed by atoms with Crippen LogP contribution in [-0.4, -0.2) is 12.1 Å². The summed E-state index contributed by atoms with van der Waals surface area (Å²) in [6.07, 6.45) is 11.3. The highest BCUT2D eigenvalue weighted by atomic mass is 16.5. The van der Waals surface area contributed by atoms with Crippen molar-refractivity contribution in [1.29, 1.82) is 0 Å². The maximum Gasteiger partial charge on any atom is 0.338 e. The van der Waals surface area contributed by atoms with Crippen LogP contribution in [0.4, 0.5) is 0 Å². The molecule has 0 amide bonds. The lowest BCUT2D eigenvalue weighted by molar-refractivity contribution is 0.0339. The normalized spacial score (nSPS) is 16.6. The molecule has 0 spiro atoms. The van der Waals surface area contributed by atoms with E-state index in [1.54, 1.807) is 12.1 Å². The summed E-state index contributed by atoms with van der Waals surface area (Å²) in [4.78, 5) is 12.5. The van der Waals surface area contributed by atoms with Crippen LogP contribution >= 0.6 is 0 Å². The summed E-state index contributed by atoms with van der Waals surface area (Å²) >= 11 is 0. The molecule has 130 valence electrons. The maximum absolute atomic E-state index is 12.5. The summed E-state index contributed by atoms with van der Waals surface area (Å²) in [5, 5.41) is 0. The number of esters is 1. The van der Waals surface area contributed by atoms with E-state index in [1.165, 1.54) is 32.1 Å². The number of carbonyl (C=O) groups excluding carboxylic acids is 1. The number of hydrogen-bond acceptors (Lipinski definition) is 2. The van der Waals surface area contributed by atoms with E-state index in [0.29, 0.717) is 11.5 Å². The molecule has 2 nitrogen and oxygen atoms in total. The van der Waals surface area contributed by atoms with E-state index in [1.807, 2.05) is 42.5 Å². The minimum Gasteiger partial charge on any atom is -0.455 e. The van der Waals surface area contributed by atoms with Crippen molar-refractivity contribution in [2.75, 3.05) is 0 Å². The van der Waals surface area contributed by atoms with E-state index in [9.17, 15) is 4.79 Å². The highest BCUT2D eigenvalue weighted by molar-refractivity contribution is 5.89. The Kier molecular flexibility index (Phi) is 6.44. The zero-order chi connectivity index (χ0) is 17.3. The number of hydrogen-bond donors (Lipinski definition) is 0. The number of carbonyl (C=O) groups is 1. The largest absolute Gasteiger partial charge is 0.455 e. The predicted molar refractivity (Wildman–Crippen MR) is 102 cm³/mol. The summed E-state index contributed by atoms with van der Waals surface area (Å²) in [5.74, 6) is 0.418. The minimum absolute atomic E-state index is 0.170. The molecule has 1 aliphatic rings. The SMILES string of the molecule is O=C(O[C@@H](/C=C/c1ccccc1)CC1CCCCC1)c1ccccc1. The maximum atomic E-state index is 12.5. The number of ether oxygens (including phenoxy) is 1. The van der Waals surface area contributed by atoms with E-state index in [-0.39, 0.29) is 12.1 Å². The summed E-state index contributed by atoms with van der Waals surface area (Å²) in [6, 6.07) is 19.4. The van der Waals surface area contributed by atoms with Gasteiger partial charge in [0.1, 0.15) is 6.10 Å². The summed E-state index contributed by atoms with van der Waals surface area (Å²) in [5.41, 5.74) is 1.75. The van der Waals surface area contributed by atoms with E-state index >= 15 is 0 Å². The van der Waals surface area contributed by atoms with Crippen molar-refractivity contribution >= 4 is 12.0 Å². The molecule has 1 aliphatic carbocycles. The Morgan fingerprint density at radius 3 is 2.28 bits per heavy atom. The van der Waals surface area contributed by atoms with Gasteiger partial charge in [-0.2, -0.15) is 0 Å². The Morgan fingerprint density at radius 2 is 1.60 bits per heavy atom. The molecule has 0 aromatic heterocycles. The van der Waals surface area contributed by atoms with Gasteiger partial charge < -0.3 is 4.74 Å². The van der Waals surface area contributed by atoms with Gasteiger partial charge in [0.05, 0.1) is 5.56 Å². The lowest BCUT2D eigenvalue weighted by Gasteiger charge is -2.25. The van der Waals surface area contributed by atoms with E-state index in [2.05, 4.69) is 18.2 Å². The molecule has 1 fully saturated rings. The van der Waals surface area contributed by atoms with Gasteiger partial charge in [0.2, 0.25) is 0 Å². The van der Waals surface area contributed by atoms with Crippen LogP contribution in [0.2, 0.25) is 0 Å². The van der Waals surface area contributed by atoms with Crippen LogP contribution in [0.3, 0.4) is 0 Å². The van der Waals surface area contributed by atoms with E-state index < -0.39 is 0 Å². The smallest absolute Gasteiger partial charge is 0.338 e. The third-order valence-electron chi connectivity index (χ3n) is 4.86. The van der Waals surface area contributed by atoms with Gasteiger partial charge in [0.25, 0.3) is 0 Å². The van der Waals surface area contributed by atoms with Gasteiger partial charge in [0, 0.05) is 0 Å². The Hall–Kier alpha value is -2.35. The lowest BCUT2D eigenvalue weighted by Crippen LogP contribution is -2.21. The van der Waals surface area contributed by atoms with Crippen LogP contribution in [0, 0.1) is 5.92 Å². The Labute approximate surface area is 150 Å². The number of rotatable bonds is 6. The van der Waals surface area contributed by atoms with Crippen LogP contribution in [-0.2, 0) is 4.74 Å². The molecular formula is C23H26O2. The molecule has 0 aliphatic heterocycles. The van der Waals surface area contributed by atoms with Crippen molar-refractivity contribution in [1.82, 2.24) is 0 Å². The fourth-order valence-electron chi connectivity index (χ4n) is 3.48. The van der Waals surface area contributed by atoms with Crippen molar-refractivity contribution in [3.63, 3.8) is 0 Å². The van der Waals surface area contributed by atoms with Crippen LogP contribution in [0.15, 0.2) is 66.7 Å². The molecule has 0 N–H and O–H groups in total. The van der Waals surface area contributed by atoms with Crippen molar-refractivity contribution < 1.29 is 9.53 Å². The van der Waals surface area contributed by atoms with Gasteiger partial charge >= 0.3 is 5.97 Å². The summed E-state index contributed by atoms with van der Waals surface area (Å²) in [6.45, 7) is 0. The van der Waals surface area contributed by atoms with Crippen LogP contribution in [0.1, 0.15) is 54.4 Å². The van der Waals surface area contributed by atoms with Crippen LogP contribution in [0.25, 0.3) is 6.08 Å². The lowest BCUT2D eigenvalue weighted by atomic mass is 9.85. The van der Waals surface area contributed by atoms with Gasteiger partial charge in [-0.15, -0.1) is 0 Å². The second-order valence-electron chi connectivity index (χ2n) is 6.82. The molecule has 1 atom stereocenters. The quantitative estimate of drug-likeness (QED) is 0.615. The first-order valence-corrected chi connectivity index (χ1v) is 9.30. The van der Waals surface area contributed by atoms with Gasteiger partial charge in [-0.3, -0.25) is 0 Å². The Bertz CT molecular complexity index is 670. The molecule has 0 radical (unpaired) electrons. The predicted octanol–water partition coefficient (Wildman–Crippen LogP) is 5.90. The molecule has 2 aromatic carbocycles. The Morgan fingerprint density at radius 1 is 0.960 bits per heavy atom. The fourth-order valence-corrected chi connectivity index (χ4v) is 3.48. The fraction of sp³-hybridized carbons (Fsp3) is 0.348. The average Bonchev–Trinajstić information content (AvgIpc) is 2.68. The summed E-state index contributed by atoms with van der Waals surface area (Å²) < 4.78 is 5.84. The molecule has 0 bridgehead atoms. The zero-order valence-corrected chi connectivity index (χ0v) is 14.6. The second-order valence-corrected chi connectivity index (χ2v) is 6.82. The average molecular weight is 334 g/mol. The first kappa shape index (κ1) is 17.5. The second kappa shape index (κ2) is 9.22. The third-order valence-corrected chi connectivity index (χ3v) is 4.86. The molecule has 2 aromatic rings. The molecule has 0 saturated heterocycles. The van der Waals surface area contributed by atoms with Crippen LogP contribution in [0.5, 0.6) is 0 Å². The third kappa shape index (κ3) is 5.60. The molecule has 3 rings (SSSR count). The highest BCUT2D eigenvalue weighted by Gasteiger charge is 2.20.